The molecule has 0 aliphatic carbocycles. The van der Waals surface area contributed by atoms with Crippen molar-refractivity contribution >= 4 is 12.2 Å². The van der Waals surface area contributed by atoms with Crippen LogP contribution in [0.15, 0.2) is 6.20 Å². The van der Waals surface area contributed by atoms with Crippen molar-refractivity contribution in [1.29, 1.82) is 0 Å². The molecule has 0 aliphatic heterocycles. The molecule has 0 radical (unpaired) electrons. The van der Waals surface area contributed by atoms with E-state index >= 15 is 0 Å². The van der Waals surface area contributed by atoms with Gasteiger partial charge in [-0.1, -0.05) is 19.1 Å². The molecule has 1 atom stereocenters. The first kappa shape index (κ1) is 12.4. The van der Waals surface area contributed by atoms with Gasteiger partial charge in [0, 0.05) is 6.54 Å². The van der Waals surface area contributed by atoms with Crippen LogP contribution in [0, 0.1) is 5.92 Å². The molecule has 0 aromatic carbocycles. The number of aldehydes is 1. The quantitative estimate of drug-likeness (QED) is 0.735. The SMILES string of the molecule is CC(C)CNC(=O)C(C)n1cc(C=O)nn1. The van der Waals surface area contributed by atoms with Crippen LogP contribution in [0.25, 0.3) is 0 Å². The van der Waals surface area contributed by atoms with Gasteiger partial charge in [-0.15, -0.1) is 5.10 Å². The lowest BCUT2D eigenvalue weighted by atomic mass is 10.2. The average Bonchev–Trinajstić information content (AvgIpc) is 2.73. The summed E-state index contributed by atoms with van der Waals surface area (Å²) in [5, 5.41) is 10.1. The zero-order chi connectivity index (χ0) is 12.1. The van der Waals surface area contributed by atoms with E-state index in [1.165, 1.54) is 10.9 Å². The van der Waals surface area contributed by atoms with Crippen LogP contribution in [0.5, 0.6) is 0 Å². The predicted octanol–water partition coefficient (Wildman–Crippen LogP) is 0.424. The van der Waals surface area contributed by atoms with Crippen molar-refractivity contribution in [3.63, 3.8) is 0 Å². The van der Waals surface area contributed by atoms with Crippen LogP contribution in [-0.2, 0) is 4.79 Å². The molecule has 0 aliphatic rings. The maximum absolute atomic E-state index is 11.7. The number of carbonyl (C=O) groups is 2. The molecule has 0 saturated carbocycles. The van der Waals surface area contributed by atoms with Crippen LogP contribution in [0.1, 0.15) is 37.3 Å². The van der Waals surface area contributed by atoms with Gasteiger partial charge in [0.25, 0.3) is 0 Å². The van der Waals surface area contributed by atoms with Gasteiger partial charge in [-0.05, 0) is 12.8 Å². The van der Waals surface area contributed by atoms with Crippen LogP contribution in [-0.4, -0.2) is 33.7 Å². The van der Waals surface area contributed by atoms with Gasteiger partial charge in [0.2, 0.25) is 5.91 Å². The van der Waals surface area contributed by atoms with Gasteiger partial charge < -0.3 is 5.32 Å². The highest BCUT2D eigenvalue weighted by molar-refractivity contribution is 5.80. The predicted molar refractivity (Wildman–Crippen MR) is 58.0 cm³/mol. The second-order valence-electron chi connectivity index (χ2n) is 4.06. The molecule has 16 heavy (non-hydrogen) atoms. The third kappa shape index (κ3) is 3.15. The van der Waals surface area contributed by atoms with E-state index in [-0.39, 0.29) is 11.6 Å². The molecule has 0 fully saturated rings. The van der Waals surface area contributed by atoms with Crippen LogP contribution < -0.4 is 5.32 Å². The van der Waals surface area contributed by atoms with E-state index in [1.54, 1.807) is 6.92 Å². The lowest BCUT2D eigenvalue weighted by Crippen LogP contribution is -2.33. The average molecular weight is 224 g/mol. The van der Waals surface area contributed by atoms with Gasteiger partial charge in [0.1, 0.15) is 11.7 Å². The van der Waals surface area contributed by atoms with Crippen molar-refractivity contribution < 1.29 is 9.59 Å². The van der Waals surface area contributed by atoms with Gasteiger partial charge in [-0.3, -0.25) is 9.59 Å². The number of hydrogen-bond donors (Lipinski definition) is 1. The third-order valence-corrected chi connectivity index (χ3v) is 2.11. The largest absolute Gasteiger partial charge is 0.354 e. The van der Waals surface area contributed by atoms with E-state index in [1.807, 2.05) is 13.8 Å². The molecular formula is C10H16N4O2. The Hall–Kier alpha value is -1.72. The molecule has 88 valence electrons. The molecule has 0 bridgehead atoms. The maximum Gasteiger partial charge on any atom is 0.244 e. The first-order valence-corrected chi connectivity index (χ1v) is 5.19. The second kappa shape index (κ2) is 5.39. The molecule has 1 heterocycles. The summed E-state index contributed by atoms with van der Waals surface area (Å²) in [6.45, 7) is 6.37. The Balaban J connectivity index is 2.59. The number of rotatable bonds is 5. The molecular weight excluding hydrogens is 208 g/mol. The number of nitrogens with one attached hydrogen (secondary N) is 1. The van der Waals surface area contributed by atoms with Gasteiger partial charge >= 0.3 is 0 Å². The highest BCUT2D eigenvalue weighted by Crippen LogP contribution is 2.04. The molecule has 1 amide bonds. The Bertz CT molecular complexity index is 373. The van der Waals surface area contributed by atoms with Crippen molar-refractivity contribution in [3.8, 4) is 0 Å². The molecule has 0 saturated heterocycles. The Kier molecular flexibility index (Phi) is 4.16. The minimum Gasteiger partial charge on any atom is -0.354 e. The van der Waals surface area contributed by atoms with E-state index in [0.29, 0.717) is 18.7 Å². The van der Waals surface area contributed by atoms with Crippen molar-refractivity contribution in [2.45, 2.75) is 26.8 Å². The van der Waals surface area contributed by atoms with E-state index in [0.717, 1.165) is 0 Å². The summed E-state index contributed by atoms with van der Waals surface area (Å²) in [5.41, 5.74) is 0.225. The highest BCUT2D eigenvalue weighted by Gasteiger charge is 2.16. The number of hydrogen-bond acceptors (Lipinski definition) is 4. The summed E-state index contributed by atoms with van der Waals surface area (Å²) in [6.07, 6.45) is 2.05. The van der Waals surface area contributed by atoms with E-state index in [2.05, 4.69) is 15.6 Å². The Morgan fingerprint density at radius 1 is 1.56 bits per heavy atom. The van der Waals surface area contributed by atoms with Crippen LogP contribution in [0.3, 0.4) is 0 Å². The first-order chi connectivity index (χ1) is 7.54. The maximum atomic E-state index is 11.7. The summed E-state index contributed by atoms with van der Waals surface area (Å²) in [7, 11) is 0. The van der Waals surface area contributed by atoms with E-state index in [4.69, 9.17) is 0 Å². The van der Waals surface area contributed by atoms with Crippen molar-refractivity contribution in [3.05, 3.63) is 11.9 Å². The monoisotopic (exact) mass is 224 g/mol. The zero-order valence-corrected chi connectivity index (χ0v) is 9.67. The molecule has 1 N–H and O–H groups in total. The molecule has 1 aromatic heterocycles. The Labute approximate surface area is 94.0 Å². The molecule has 1 aromatic rings. The minimum atomic E-state index is -0.458. The number of nitrogens with zero attached hydrogens (tertiary/aromatic N) is 3. The fourth-order valence-electron chi connectivity index (χ4n) is 1.11. The Morgan fingerprint density at radius 2 is 2.25 bits per heavy atom. The summed E-state index contributed by atoms with van der Waals surface area (Å²) in [5.74, 6) is 0.272. The summed E-state index contributed by atoms with van der Waals surface area (Å²) >= 11 is 0. The lowest BCUT2D eigenvalue weighted by Gasteiger charge is -2.13. The lowest BCUT2D eigenvalue weighted by molar-refractivity contribution is -0.124. The smallest absolute Gasteiger partial charge is 0.244 e. The summed E-state index contributed by atoms with van der Waals surface area (Å²) in [4.78, 5) is 22.1. The normalized spacial score (nSPS) is 12.5. The van der Waals surface area contributed by atoms with Gasteiger partial charge in [0.15, 0.2) is 6.29 Å². The Morgan fingerprint density at radius 3 is 2.75 bits per heavy atom. The number of aromatic nitrogens is 3. The van der Waals surface area contributed by atoms with Crippen LogP contribution in [0.4, 0.5) is 0 Å². The van der Waals surface area contributed by atoms with Gasteiger partial charge in [-0.2, -0.15) is 0 Å². The zero-order valence-electron chi connectivity index (χ0n) is 9.67. The highest BCUT2D eigenvalue weighted by atomic mass is 16.2. The van der Waals surface area contributed by atoms with Crippen molar-refractivity contribution in [2.75, 3.05) is 6.54 Å². The second-order valence-corrected chi connectivity index (χ2v) is 4.06. The standard InChI is InChI=1S/C10H16N4O2/c1-7(2)4-11-10(16)8(3)14-5-9(6-15)12-13-14/h5-8H,4H2,1-3H3,(H,11,16). The molecule has 6 nitrogen and oxygen atoms in total. The minimum absolute atomic E-state index is 0.129. The molecule has 1 unspecified atom stereocenters. The molecule has 0 spiro atoms. The van der Waals surface area contributed by atoms with E-state index in [9.17, 15) is 9.59 Å². The third-order valence-electron chi connectivity index (χ3n) is 2.11. The fraction of sp³-hybridized carbons (Fsp3) is 0.600. The van der Waals surface area contributed by atoms with Gasteiger partial charge in [0.05, 0.1) is 6.20 Å². The van der Waals surface area contributed by atoms with Crippen molar-refractivity contribution in [1.82, 2.24) is 20.3 Å². The van der Waals surface area contributed by atoms with E-state index < -0.39 is 6.04 Å². The molecule has 1 rings (SSSR count). The summed E-state index contributed by atoms with van der Waals surface area (Å²) < 4.78 is 1.37. The topological polar surface area (TPSA) is 76.9 Å². The van der Waals surface area contributed by atoms with Gasteiger partial charge in [-0.25, -0.2) is 4.68 Å². The fourth-order valence-corrected chi connectivity index (χ4v) is 1.11. The number of carbonyl (C=O) groups excluding carboxylic acids is 2. The first-order valence-electron chi connectivity index (χ1n) is 5.19. The number of amides is 1. The summed E-state index contributed by atoms with van der Waals surface area (Å²) in [6, 6.07) is -0.458. The van der Waals surface area contributed by atoms with Crippen LogP contribution in [0.2, 0.25) is 0 Å². The van der Waals surface area contributed by atoms with Crippen molar-refractivity contribution in [2.24, 2.45) is 5.92 Å². The van der Waals surface area contributed by atoms with Crippen LogP contribution >= 0.6 is 0 Å². The molecule has 6 heteroatoms.